The molecule has 3 heteroatoms. The fourth-order valence-corrected chi connectivity index (χ4v) is 1.84. The minimum atomic E-state index is 0.0150. The molecule has 0 unspecified atom stereocenters. The van der Waals surface area contributed by atoms with Gasteiger partial charge in [-0.1, -0.05) is 18.2 Å². The molecule has 0 bridgehead atoms. The van der Waals surface area contributed by atoms with Crippen LogP contribution in [0, 0.1) is 11.3 Å². The van der Waals surface area contributed by atoms with Gasteiger partial charge in [-0.25, -0.2) is 5.90 Å². The first-order chi connectivity index (χ1) is 6.82. The third kappa shape index (κ3) is 1.39. The third-order valence-electron chi connectivity index (χ3n) is 2.83. The molecule has 14 heavy (non-hydrogen) atoms. The van der Waals surface area contributed by atoms with Crippen molar-refractivity contribution in [3.05, 3.63) is 35.4 Å². The molecule has 0 saturated heterocycles. The van der Waals surface area contributed by atoms with Gasteiger partial charge in [0.25, 0.3) is 0 Å². The minimum Gasteiger partial charge on any atom is -0.304 e. The van der Waals surface area contributed by atoms with E-state index < -0.39 is 0 Å². The van der Waals surface area contributed by atoms with Crippen LogP contribution in [0.4, 0.5) is 0 Å². The molecule has 0 aliphatic heterocycles. The molecule has 0 heterocycles. The Kier molecular flexibility index (Phi) is 2.24. The molecule has 1 fully saturated rings. The number of benzene rings is 1. The lowest BCUT2D eigenvalue weighted by atomic mass is 9.93. The molecule has 0 spiro atoms. The van der Waals surface area contributed by atoms with Crippen molar-refractivity contribution in [2.75, 3.05) is 6.61 Å². The van der Waals surface area contributed by atoms with E-state index >= 15 is 0 Å². The first-order valence-corrected chi connectivity index (χ1v) is 4.64. The van der Waals surface area contributed by atoms with Crippen molar-refractivity contribution in [2.24, 2.45) is 5.90 Å². The molecule has 2 N–H and O–H groups in total. The van der Waals surface area contributed by atoms with E-state index in [-0.39, 0.29) is 5.41 Å². The van der Waals surface area contributed by atoms with Crippen LogP contribution in [0.25, 0.3) is 0 Å². The summed E-state index contributed by atoms with van der Waals surface area (Å²) in [6, 6.07) is 9.86. The minimum absolute atomic E-state index is 0.0150. The van der Waals surface area contributed by atoms with Crippen molar-refractivity contribution in [1.29, 1.82) is 5.26 Å². The Labute approximate surface area is 83.1 Å². The first kappa shape index (κ1) is 9.20. The van der Waals surface area contributed by atoms with Crippen LogP contribution >= 0.6 is 0 Å². The van der Waals surface area contributed by atoms with E-state index in [1.165, 1.54) is 0 Å². The van der Waals surface area contributed by atoms with Gasteiger partial charge in [0.2, 0.25) is 0 Å². The fourth-order valence-electron chi connectivity index (χ4n) is 1.84. The summed E-state index contributed by atoms with van der Waals surface area (Å²) in [6.45, 7) is 0.506. The van der Waals surface area contributed by atoms with Crippen molar-refractivity contribution in [3.63, 3.8) is 0 Å². The topological polar surface area (TPSA) is 59.0 Å². The second-order valence-electron chi connectivity index (χ2n) is 3.75. The summed E-state index contributed by atoms with van der Waals surface area (Å²) in [6.07, 6.45) is 2.12. The van der Waals surface area contributed by atoms with Crippen molar-refractivity contribution in [1.82, 2.24) is 0 Å². The van der Waals surface area contributed by atoms with E-state index in [2.05, 4.69) is 6.07 Å². The molecule has 2 rings (SSSR count). The number of nitrogens with zero attached hydrogens (tertiary/aromatic N) is 1. The average Bonchev–Trinajstić information content (AvgIpc) is 2.99. The summed E-state index contributed by atoms with van der Waals surface area (Å²) in [5.74, 6) is 5.10. The van der Waals surface area contributed by atoms with Crippen LogP contribution in [-0.4, -0.2) is 6.61 Å². The molecular weight excluding hydrogens is 176 g/mol. The standard InChI is InChI=1S/C11H12N2O/c12-7-9-3-1-2-4-10(9)11(5-6-11)8-14-13/h1-4H,5-6,8,13H2. The maximum Gasteiger partial charge on any atom is 0.0994 e. The molecule has 0 radical (unpaired) electrons. The number of hydrogen-bond acceptors (Lipinski definition) is 3. The number of nitriles is 1. The smallest absolute Gasteiger partial charge is 0.0994 e. The molecule has 0 aromatic heterocycles. The normalized spacial score (nSPS) is 17.4. The van der Waals surface area contributed by atoms with Crippen LogP contribution in [0.15, 0.2) is 24.3 Å². The summed E-state index contributed by atoms with van der Waals surface area (Å²) in [4.78, 5) is 4.71. The summed E-state index contributed by atoms with van der Waals surface area (Å²) in [7, 11) is 0. The Balaban J connectivity index is 2.37. The van der Waals surface area contributed by atoms with Gasteiger partial charge in [0, 0.05) is 5.41 Å². The van der Waals surface area contributed by atoms with Gasteiger partial charge < -0.3 is 4.84 Å². The van der Waals surface area contributed by atoms with Crippen LogP contribution in [0.3, 0.4) is 0 Å². The number of rotatable bonds is 3. The van der Waals surface area contributed by atoms with Gasteiger partial charge >= 0.3 is 0 Å². The fraction of sp³-hybridized carbons (Fsp3) is 0.364. The maximum absolute atomic E-state index is 8.96. The lowest BCUT2D eigenvalue weighted by molar-refractivity contribution is 0.116. The highest BCUT2D eigenvalue weighted by atomic mass is 16.6. The molecule has 0 amide bonds. The molecule has 1 aromatic rings. The van der Waals surface area contributed by atoms with Crippen LogP contribution < -0.4 is 5.90 Å². The van der Waals surface area contributed by atoms with E-state index in [0.29, 0.717) is 6.61 Å². The molecule has 0 atom stereocenters. The van der Waals surface area contributed by atoms with E-state index in [0.717, 1.165) is 24.0 Å². The molecule has 1 saturated carbocycles. The van der Waals surface area contributed by atoms with E-state index in [9.17, 15) is 0 Å². The second kappa shape index (κ2) is 3.41. The highest BCUT2D eigenvalue weighted by Crippen LogP contribution is 2.49. The Morgan fingerprint density at radius 1 is 1.43 bits per heavy atom. The molecule has 3 nitrogen and oxygen atoms in total. The van der Waals surface area contributed by atoms with Crippen LogP contribution in [-0.2, 0) is 10.3 Å². The summed E-state index contributed by atoms with van der Waals surface area (Å²) < 4.78 is 0. The third-order valence-corrected chi connectivity index (χ3v) is 2.83. The van der Waals surface area contributed by atoms with Gasteiger partial charge in [0.05, 0.1) is 18.2 Å². The zero-order valence-corrected chi connectivity index (χ0v) is 7.86. The highest BCUT2D eigenvalue weighted by Gasteiger charge is 2.45. The van der Waals surface area contributed by atoms with Gasteiger partial charge in [0.1, 0.15) is 0 Å². The zero-order chi connectivity index (χ0) is 10.0. The van der Waals surface area contributed by atoms with Crippen LogP contribution in [0.5, 0.6) is 0 Å². The van der Waals surface area contributed by atoms with Crippen molar-refractivity contribution in [2.45, 2.75) is 18.3 Å². The van der Waals surface area contributed by atoms with E-state index in [1.54, 1.807) is 0 Å². The van der Waals surface area contributed by atoms with Gasteiger partial charge in [0.15, 0.2) is 0 Å². The monoisotopic (exact) mass is 188 g/mol. The summed E-state index contributed by atoms with van der Waals surface area (Å²) in [5, 5.41) is 8.96. The Bertz CT molecular complexity index is 377. The van der Waals surface area contributed by atoms with E-state index in [1.807, 2.05) is 24.3 Å². The molecule has 72 valence electrons. The summed E-state index contributed by atoms with van der Waals surface area (Å²) in [5.41, 5.74) is 1.83. The Morgan fingerprint density at radius 2 is 2.14 bits per heavy atom. The number of nitrogens with two attached hydrogens (primary N) is 1. The van der Waals surface area contributed by atoms with Crippen LogP contribution in [0.2, 0.25) is 0 Å². The quantitative estimate of drug-likeness (QED) is 0.731. The maximum atomic E-state index is 8.96. The Morgan fingerprint density at radius 3 is 2.71 bits per heavy atom. The van der Waals surface area contributed by atoms with Crippen LogP contribution in [0.1, 0.15) is 24.0 Å². The molecule has 1 aliphatic rings. The number of hydrogen-bond donors (Lipinski definition) is 1. The van der Waals surface area contributed by atoms with Crippen molar-refractivity contribution < 1.29 is 4.84 Å². The van der Waals surface area contributed by atoms with Gasteiger partial charge in [-0.3, -0.25) is 0 Å². The van der Waals surface area contributed by atoms with Gasteiger partial charge in [-0.15, -0.1) is 0 Å². The summed E-state index contributed by atoms with van der Waals surface area (Å²) >= 11 is 0. The largest absolute Gasteiger partial charge is 0.304 e. The average molecular weight is 188 g/mol. The predicted octanol–water partition coefficient (Wildman–Crippen LogP) is 1.48. The Hall–Kier alpha value is -1.37. The lowest BCUT2D eigenvalue weighted by Gasteiger charge is -2.14. The van der Waals surface area contributed by atoms with E-state index in [4.69, 9.17) is 16.0 Å². The van der Waals surface area contributed by atoms with Gasteiger partial charge in [-0.05, 0) is 24.5 Å². The highest BCUT2D eigenvalue weighted by molar-refractivity contribution is 5.45. The molecular formula is C11H12N2O. The van der Waals surface area contributed by atoms with Crippen molar-refractivity contribution in [3.8, 4) is 6.07 Å². The molecule has 1 aromatic carbocycles. The predicted molar refractivity (Wildman–Crippen MR) is 52.2 cm³/mol. The first-order valence-electron chi connectivity index (χ1n) is 4.64. The zero-order valence-electron chi connectivity index (χ0n) is 7.86. The lowest BCUT2D eigenvalue weighted by Crippen LogP contribution is -2.19. The second-order valence-corrected chi connectivity index (χ2v) is 3.75. The molecule has 1 aliphatic carbocycles. The van der Waals surface area contributed by atoms with Gasteiger partial charge in [-0.2, -0.15) is 5.26 Å². The van der Waals surface area contributed by atoms with Crippen molar-refractivity contribution >= 4 is 0 Å². The SMILES string of the molecule is N#Cc1ccccc1C1(CON)CC1.